The maximum Gasteiger partial charge on any atom is 0.269 e. The molecule has 0 radical (unpaired) electrons. The van der Waals surface area contributed by atoms with E-state index in [-0.39, 0.29) is 28.9 Å². The molecule has 5 aromatic carbocycles. The largest absolute Gasteiger partial charge is 0.507 e. The maximum absolute atomic E-state index is 11.9. The first kappa shape index (κ1) is 43.8. The van der Waals surface area contributed by atoms with Gasteiger partial charge in [-0.2, -0.15) is 0 Å². The molecule has 63 heavy (non-hydrogen) atoms. The monoisotopic (exact) mass is 850 g/mol. The highest BCUT2D eigenvalue weighted by Crippen LogP contribution is 2.47. The summed E-state index contributed by atoms with van der Waals surface area (Å²) >= 11 is 0. The molecule has 324 valence electrons. The fourth-order valence-corrected chi connectivity index (χ4v) is 8.19. The van der Waals surface area contributed by atoms with Gasteiger partial charge in [0.1, 0.15) is 17.3 Å². The van der Waals surface area contributed by atoms with Crippen LogP contribution in [0.2, 0.25) is 0 Å². The lowest BCUT2D eigenvalue weighted by Gasteiger charge is -2.33. The summed E-state index contributed by atoms with van der Waals surface area (Å²) in [5.74, 6) is 1.44. The number of phenolic OH excluding ortho intramolecular Hbond substituents is 1. The van der Waals surface area contributed by atoms with Crippen LogP contribution in [0.4, 0.5) is 28.4 Å². The Bertz CT molecular complexity index is 2570. The van der Waals surface area contributed by atoms with Crippen LogP contribution in [0.5, 0.6) is 11.5 Å². The van der Waals surface area contributed by atoms with Crippen molar-refractivity contribution in [1.82, 2.24) is 4.90 Å². The second-order valence-electron chi connectivity index (χ2n) is 15.5. The Balaban J connectivity index is 1.19. The van der Waals surface area contributed by atoms with Crippen molar-refractivity contribution in [3.63, 3.8) is 0 Å². The van der Waals surface area contributed by atoms with Gasteiger partial charge in [0.15, 0.2) is 0 Å². The Morgan fingerprint density at radius 2 is 1.05 bits per heavy atom. The first-order chi connectivity index (χ1) is 30.5. The minimum Gasteiger partial charge on any atom is -0.507 e. The maximum atomic E-state index is 11.9. The predicted octanol–water partition coefficient (Wildman–Crippen LogP) is 9.84. The van der Waals surface area contributed by atoms with Crippen LogP contribution < -0.4 is 14.5 Å². The Kier molecular flexibility index (Phi) is 13.6. The fourth-order valence-electron chi connectivity index (χ4n) is 8.19. The van der Waals surface area contributed by atoms with Gasteiger partial charge in [-0.05, 0) is 86.7 Å². The number of aromatic hydroxyl groups is 1. The quantitative estimate of drug-likeness (QED) is 0.0620. The molecule has 0 bridgehead atoms. The molecule has 14 nitrogen and oxygen atoms in total. The number of phenols is 1. The van der Waals surface area contributed by atoms with E-state index in [0.717, 1.165) is 51.3 Å². The Labute approximate surface area is 366 Å². The first-order valence-corrected chi connectivity index (χ1v) is 21.2. The summed E-state index contributed by atoms with van der Waals surface area (Å²) in [7, 11) is 0. The minimum atomic E-state index is -0.405. The van der Waals surface area contributed by atoms with Crippen LogP contribution in [0.25, 0.3) is 5.57 Å². The molecule has 0 aromatic heterocycles. The molecule has 5 aromatic rings. The molecular formula is C49H50N6O8. The van der Waals surface area contributed by atoms with E-state index in [1.165, 1.54) is 36.4 Å². The van der Waals surface area contributed by atoms with Crippen LogP contribution in [0, 0.1) is 30.3 Å². The van der Waals surface area contributed by atoms with E-state index in [1.807, 2.05) is 24.3 Å². The molecule has 1 aliphatic heterocycles. The molecule has 2 aliphatic rings. The van der Waals surface area contributed by atoms with Crippen LogP contribution in [-0.4, -0.2) is 70.1 Å². The highest BCUT2D eigenvalue weighted by molar-refractivity contribution is 5.93. The lowest BCUT2D eigenvalue weighted by atomic mass is 9.86. The SMILES string of the molecule is CCN(CCc1ccc([N+](=O)[O-])cc1)c1ccc(C2=C3C=CC(N(CC)CCc4ccc([N+](=O)[O-])cc4)C=C3Oc3cc(N(CC)CCc4ccc([N+](=O)[O-])cc4)ccc32)c(O)c1. The molecule has 7 rings (SSSR count). The van der Waals surface area contributed by atoms with Gasteiger partial charge in [-0.15, -0.1) is 0 Å². The topological polar surface area (TPSA) is 169 Å². The van der Waals surface area contributed by atoms with Crippen molar-refractivity contribution in [2.75, 3.05) is 49.1 Å². The summed E-state index contributed by atoms with van der Waals surface area (Å²) in [5, 5.41) is 45.4. The third-order valence-electron chi connectivity index (χ3n) is 11.8. The molecular weight excluding hydrogens is 801 g/mol. The lowest BCUT2D eigenvalue weighted by molar-refractivity contribution is -0.385. The van der Waals surface area contributed by atoms with Crippen LogP contribution in [0.15, 0.2) is 139 Å². The van der Waals surface area contributed by atoms with E-state index >= 15 is 0 Å². The van der Waals surface area contributed by atoms with Crippen LogP contribution in [0.3, 0.4) is 0 Å². The molecule has 1 heterocycles. The second-order valence-corrected chi connectivity index (χ2v) is 15.5. The number of nitro groups is 3. The number of hydrogen-bond donors (Lipinski definition) is 1. The van der Waals surface area contributed by atoms with Crippen molar-refractivity contribution in [1.29, 1.82) is 0 Å². The van der Waals surface area contributed by atoms with Gasteiger partial charge in [0.25, 0.3) is 17.1 Å². The zero-order valence-corrected chi connectivity index (χ0v) is 35.6. The van der Waals surface area contributed by atoms with E-state index in [9.17, 15) is 35.4 Å². The number of benzene rings is 5. The smallest absolute Gasteiger partial charge is 0.269 e. The van der Waals surface area contributed by atoms with Crippen molar-refractivity contribution in [3.05, 3.63) is 197 Å². The van der Waals surface area contributed by atoms with Gasteiger partial charge in [0, 0.05) is 115 Å². The summed E-state index contributed by atoms with van der Waals surface area (Å²) in [4.78, 5) is 39.1. The van der Waals surface area contributed by atoms with Crippen molar-refractivity contribution >= 4 is 34.0 Å². The molecule has 0 saturated heterocycles. The van der Waals surface area contributed by atoms with E-state index in [1.54, 1.807) is 42.5 Å². The zero-order valence-electron chi connectivity index (χ0n) is 35.6. The van der Waals surface area contributed by atoms with Gasteiger partial charge in [0.05, 0.1) is 20.8 Å². The van der Waals surface area contributed by atoms with Gasteiger partial charge < -0.3 is 19.6 Å². The highest BCUT2D eigenvalue weighted by Gasteiger charge is 2.30. The average molecular weight is 851 g/mol. The molecule has 0 fully saturated rings. The minimum absolute atomic E-state index is 0.0546. The summed E-state index contributed by atoms with van der Waals surface area (Å²) < 4.78 is 6.80. The van der Waals surface area contributed by atoms with Crippen LogP contribution in [-0.2, 0) is 19.3 Å². The molecule has 1 N–H and O–H groups in total. The van der Waals surface area contributed by atoms with Gasteiger partial charge >= 0.3 is 0 Å². The third kappa shape index (κ3) is 10.1. The molecule has 1 unspecified atom stereocenters. The summed E-state index contributed by atoms with van der Waals surface area (Å²) in [6, 6.07) is 31.7. The molecule has 0 spiro atoms. The Hall–Kier alpha value is -7.32. The molecule has 0 amide bonds. The number of nitro benzene ring substituents is 3. The van der Waals surface area contributed by atoms with Crippen molar-refractivity contribution in [2.24, 2.45) is 0 Å². The van der Waals surface area contributed by atoms with Crippen molar-refractivity contribution < 1.29 is 24.6 Å². The number of nitrogens with zero attached hydrogens (tertiary/aromatic N) is 6. The Morgan fingerprint density at radius 3 is 1.49 bits per heavy atom. The summed E-state index contributed by atoms with van der Waals surface area (Å²) in [6.45, 7) is 10.4. The fraction of sp³-hybridized carbons (Fsp3) is 0.265. The summed E-state index contributed by atoms with van der Waals surface area (Å²) in [6.07, 6.45) is 8.38. The van der Waals surface area contributed by atoms with Crippen LogP contribution in [0.1, 0.15) is 48.6 Å². The lowest BCUT2D eigenvalue weighted by Crippen LogP contribution is -2.36. The normalized spacial score (nSPS) is 14.1. The van der Waals surface area contributed by atoms with E-state index in [4.69, 9.17) is 4.74 Å². The van der Waals surface area contributed by atoms with Gasteiger partial charge in [-0.1, -0.05) is 55.5 Å². The number of non-ortho nitro benzene ring substituents is 3. The second kappa shape index (κ2) is 19.6. The predicted molar refractivity (Wildman–Crippen MR) is 246 cm³/mol. The number of rotatable bonds is 19. The number of ether oxygens (including phenoxy) is 1. The van der Waals surface area contributed by atoms with Gasteiger partial charge in [-0.25, -0.2) is 0 Å². The first-order valence-electron chi connectivity index (χ1n) is 21.2. The third-order valence-corrected chi connectivity index (χ3v) is 11.8. The molecule has 1 atom stereocenters. The summed E-state index contributed by atoms with van der Waals surface area (Å²) in [5.41, 5.74) is 8.13. The van der Waals surface area contributed by atoms with Gasteiger partial charge in [-0.3, -0.25) is 35.2 Å². The van der Waals surface area contributed by atoms with E-state index in [0.29, 0.717) is 69.1 Å². The zero-order chi connectivity index (χ0) is 44.6. The number of allylic oxidation sites excluding steroid dienone is 1. The molecule has 0 saturated carbocycles. The molecule has 14 heteroatoms. The van der Waals surface area contributed by atoms with E-state index in [2.05, 4.69) is 59.8 Å². The van der Waals surface area contributed by atoms with Crippen LogP contribution >= 0.6 is 0 Å². The molecule has 1 aliphatic carbocycles. The number of hydrogen-bond acceptors (Lipinski definition) is 11. The van der Waals surface area contributed by atoms with Gasteiger partial charge in [0.2, 0.25) is 0 Å². The highest BCUT2D eigenvalue weighted by atomic mass is 16.6. The van der Waals surface area contributed by atoms with Crippen molar-refractivity contribution in [3.8, 4) is 11.5 Å². The van der Waals surface area contributed by atoms with E-state index < -0.39 is 14.8 Å². The number of likely N-dealkylation sites (N-methyl/N-ethyl adjacent to an activating group) is 3. The standard InChI is InChI=1S/C49H50N6O8/c1-4-50(28-25-34-7-13-37(14-8-34)53(57)58)40-19-22-43(46(56)31-40)49-44-23-20-41(51(5-2)29-26-35-9-15-38(16-10-35)54(59)60)32-47(44)63-48-33-42(21-24-45(48)49)52(6-3)30-27-36-11-17-39(18-12-36)55(61)62/h7-24,31-33,41,56H,4-6,25-30H2,1-3H3. The average Bonchev–Trinajstić information content (AvgIpc) is 3.29. The number of fused-ring (bicyclic) bond motifs is 2. The Morgan fingerprint density at radius 1 is 0.587 bits per heavy atom. The number of anilines is 2. The van der Waals surface area contributed by atoms with Crippen molar-refractivity contribution in [2.45, 2.75) is 46.1 Å².